The van der Waals surface area contributed by atoms with Gasteiger partial charge in [-0.1, -0.05) is 30.3 Å². The Hall–Kier alpha value is -3.32. The van der Waals surface area contributed by atoms with Gasteiger partial charge in [-0.2, -0.15) is 0 Å². The molecule has 0 N–H and O–H groups in total. The van der Waals surface area contributed by atoms with E-state index in [1.807, 2.05) is 24.4 Å². The van der Waals surface area contributed by atoms with Crippen molar-refractivity contribution in [3.8, 4) is 11.1 Å². The topological polar surface area (TPSA) is 78.0 Å². The van der Waals surface area contributed by atoms with E-state index < -0.39 is 4.92 Å². The van der Waals surface area contributed by atoms with Gasteiger partial charge in [-0.25, -0.2) is 4.98 Å². The largest absolute Gasteiger partial charge is 0.294 e. The average molecular weight is 391 g/mol. The molecule has 0 amide bonds. The maximum Gasteiger partial charge on any atom is 0.269 e. The van der Waals surface area contributed by atoms with E-state index >= 15 is 0 Å². The summed E-state index contributed by atoms with van der Waals surface area (Å²) in [5, 5.41) is 13.5. The molecule has 2 heterocycles. The molecule has 0 saturated heterocycles. The van der Waals surface area contributed by atoms with Crippen LogP contribution in [0.25, 0.3) is 21.3 Å². The number of nitro groups is 1. The Labute approximate surface area is 164 Å². The summed E-state index contributed by atoms with van der Waals surface area (Å²) in [5.74, 6) is 0. The molecule has 0 aliphatic carbocycles. The van der Waals surface area contributed by atoms with Crippen LogP contribution < -0.4 is 5.56 Å². The van der Waals surface area contributed by atoms with E-state index in [0.717, 1.165) is 16.7 Å². The van der Waals surface area contributed by atoms with Gasteiger partial charge in [0.05, 0.1) is 23.2 Å². The standard InChI is InChI=1S/C21H17N3O3S/c1-13-6-7-16(8-14(13)2)18-11-28-20-19(18)21(25)23(12-22-20)10-15-4-3-5-17(9-15)24(26)27/h3-9,11-12H,10H2,1-2H3. The molecule has 4 rings (SSSR count). The Morgan fingerprint density at radius 2 is 1.96 bits per heavy atom. The third-order valence-electron chi connectivity index (χ3n) is 4.85. The van der Waals surface area contributed by atoms with E-state index in [1.54, 1.807) is 12.1 Å². The molecule has 0 saturated carbocycles. The molecule has 0 bridgehead atoms. The first-order valence-electron chi connectivity index (χ1n) is 8.71. The highest BCUT2D eigenvalue weighted by molar-refractivity contribution is 7.17. The second-order valence-electron chi connectivity index (χ2n) is 6.73. The van der Waals surface area contributed by atoms with Gasteiger partial charge in [-0.15, -0.1) is 11.3 Å². The van der Waals surface area contributed by atoms with Crippen LogP contribution in [0.5, 0.6) is 0 Å². The van der Waals surface area contributed by atoms with Gasteiger partial charge in [-0.3, -0.25) is 19.5 Å². The van der Waals surface area contributed by atoms with Crippen LogP contribution in [0.4, 0.5) is 5.69 Å². The molecule has 0 aliphatic heterocycles. The Kier molecular flexibility index (Phi) is 4.52. The van der Waals surface area contributed by atoms with Crippen molar-refractivity contribution in [1.82, 2.24) is 9.55 Å². The van der Waals surface area contributed by atoms with Gasteiger partial charge in [-0.05, 0) is 36.1 Å². The van der Waals surface area contributed by atoms with Gasteiger partial charge in [0.2, 0.25) is 0 Å². The molecule has 7 heteroatoms. The first-order valence-corrected chi connectivity index (χ1v) is 9.59. The third kappa shape index (κ3) is 3.20. The molecule has 0 fully saturated rings. The number of aryl methyl sites for hydroxylation is 2. The number of nitro benzene ring substituents is 1. The Morgan fingerprint density at radius 3 is 2.71 bits per heavy atom. The highest BCUT2D eigenvalue weighted by Crippen LogP contribution is 2.31. The highest BCUT2D eigenvalue weighted by atomic mass is 32.1. The second kappa shape index (κ2) is 7.01. The van der Waals surface area contributed by atoms with Crippen molar-refractivity contribution in [2.45, 2.75) is 20.4 Å². The number of aromatic nitrogens is 2. The number of hydrogen-bond acceptors (Lipinski definition) is 5. The minimum absolute atomic E-state index is 0.00550. The van der Waals surface area contributed by atoms with E-state index in [1.165, 1.54) is 39.9 Å². The van der Waals surface area contributed by atoms with Crippen LogP contribution in [0, 0.1) is 24.0 Å². The quantitative estimate of drug-likeness (QED) is 0.373. The molecule has 4 aromatic rings. The lowest BCUT2D eigenvalue weighted by Crippen LogP contribution is -2.21. The molecule has 2 aromatic heterocycles. The summed E-state index contributed by atoms with van der Waals surface area (Å²) in [5.41, 5.74) is 4.76. The van der Waals surface area contributed by atoms with Crippen molar-refractivity contribution in [1.29, 1.82) is 0 Å². The lowest BCUT2D eigenvalue weighted by molar-refractivity contribution is -0.384. The van der Waals surface area contributed by atoms with Crippen molar-refractivity contribution >= 4 is 27.2 Å². The molecule has 0 aliphatic rings. The van der Waals surface area contributed by atoms with E-state index in [0.29, 0.717) is 15.8 Å². The molecule has 2 aromatic carbocycles. The van der Waals surface area contributed by atoms with E-state index in [9.17, 15) is 14.9 Å². The van der Waals surface area contributed by atoms with Crippen LogP contribution >= 0.6 is 11.3 Å². The maximum atomic E-state index is 13.2. The number of hydrogen-bond donors (Lipinski definition) is 0. The average Bonchev–Trinajstić information content (AvgIpc) is 3.11. The van der Waals surface area contributed by atoms with E-state index in [4.69, 9.17) is 0 Å². The molecule has 6 nitrogen and oxygen atoms in total. The fourth-order valence-electron chi connectivity index (χ4n) is 3.17. The molecule has 0 radical (unpaired) electrons. The lowest BCUT2D eigenvalue weighted by atomic mass is 10.0. The van der Waals surface area contributed by atoms with Crippen molar-refractivity contribution < 1.29 is 4.92 Å². The smallest absolute Gasteiger partial charge is 0.269 e. The predicted octanol–water partition coefficient (Wildman–Crippen LogP) is 4.70. The second-order valence-corrected chi connectivity index (χ2v) is 7.59. The summed E-state index contributed by atoms with van der Waals surface area (Å²) < 4.78 is 1.50. The van der Waals surface area contributed by atoms with Crippen molar-refractivity contribution in [2.24, 2.45) is 0 Å². The SMILES string of the molecule is Cc1ccc(-c2csc3ncn(Cc4cccc([N+](=O)[O-])c4)c(=O)c23)cc1C. The number of thiophene rings is 1. The normalized spacial score (nSPS) is 11.1. The van der Waals surface area contributed by atoms with Gasteiger partial charge >= 0.3 is 0 Å². The van der Waals surface area contributed by atoms with E-state index in [2.05, 4.69) is 18.0 Å². The molecule has 0 unspecified atom stereocenters. The molecular weight excluding hydrogens is 374 g/mol. The predicted molar refractivity (Wildman–Crippen MR) is 111 cm³/mol. The van der Waals surface area contributed by atoms with E-state index in [-0.39, 0.29) is 17.8 Å². The number of benzene rings is 2. The zero-order valence-corrected chi connectivity index (χ0v) is 16.2. The van der Waals surface area contributed by atoms with Crippen molar-refractivity contribution in [2.75, 3.05) is 0 Å². The van der Waals surface area contributed by atoms with Crippen LogP contribution in [-0.2, 0) is 6.54 Å². The fraction of sp³-hybridized carbons (Fsp3) is 0.143. The fourth-order valence-corrected chi connectivity index (χ4v) is 4.07. The molecule has 140 valence electrons. The zero-order valence-electron chi connectivity index (χ0n) is 15.4. The Bertz CT molecular complexity index is 1270. The molecule has 28 heavy (non-hydrogen) atoms. The van der Waals surface area contributed by atoms with Crippen LogP contribution in [0.3, 0.4) is 0 Å². The molecular formula is C21H17N3O3S. The summed E-state index contributed by atoms with van der Waals surface area (Å²) in [7, 11) is 0. The summed E-state index contributed by atoms with van der Waals surface area (Å²) in [6.07, 6.45) is 1.50. The zero-order chi connectivity index (χ0) is 19.8. The van der Waals surface area contributed by atoms with Crippen molar-refractivity contribution in [3.05, 3.63) is 91.3 Å². The lowest BCUT2D eigenvalue weighted by Gasteiger charge is -2.07. The number of fused-ring (bicyclic) bond motifs is 1. The van der Waals surface area contributed by atoms with Gasteiger partial charge < -0.3 is 0 Å². The molecule has 0 atom stereocenters. The summed E-state index contributed by atoms with van der Waals surface area (Å²) >= 11 is 1.44. The minimum Gasteiger partial charge on any atom is -0.294 e. The Morgan fingerprint density at radius 1 is 1.14 bits per heavy atom. The number of nitrogens with zero attached hydrogens (tertiary/aromatic N) is 3. The first kappa shape index (κ1) is 18.1. The summed E-state index contributed by atoms with van der Waals surface area (Å²) in [6.45, 7) is 4.33. The Balaban J connectivity index is 1.80. The van der Waals surface area contributed by atoms with Gasteiger partial charge in [0.1, 0.15) is 4.83 Å². The number of non-ortho nitro benzene ring substituents is 1. The monoisotopic (exact) mass is 391 g/mol. The van der Waals surface area contributed by atoms with Gasteiger partial charge in [0, 0.05) is 23.1 Å². The van der Waals surface area contributed by atoms with Crippen LogP contribution in [0.2, 0.25) is 0 Å². The minimum atomic E-state index is -0.440. The van der Waals surface area contributed by atoms with Crippen LogP contribution in [-0.4, -0.2) is 14.5 Å². The maximum absolute atomic E-state index is 13.2. The third-order valence-corrected chi connectivity index (χ3v) is 5.74. The van der Waals surface area contributed by atoms with Crippen molar-refractivity contribution in [3.63, 3.8) is 0 Å². The first-order chi connectivity index (χ1) is 13.4. The van der Waals surface area contributed by atoms with Crippen LogP contribution in [0.1, 0.15) is 16.7 Å². The molecule has 0 spiro atoms. The van der Waals surface area contributed by atoms with Crippen LogP contribution in [0.15, 0.2) is 59.0 Å². The van der Waals surface area contributed by atoms with Gasteiger partial charge in [0.15, 0.2) is 0 Å². The number of rotatable bonds is 4. The summed E-state index contributed by atoms with van der Waals surface area (Å²) in [4.78, 5) is 28.8. The highest BCUT2D eigenvalue weighted by Gasteiger charge is 2.14. The van der Waals surface area contributed by atoms with Gasteiger partial charge in [0.25, 0.3) is 11.2 Å². The summed E-state index contributed by atoms with van der Waals surface area (Å²) in [6, 6.07) is 12.4.